The molecule has 3 fully saturated rings. The molecule has 4 aliphatic rings. The van der Waals surface area contributed by atoms with E-state index in [1.165, 1.54) is 5.57 Å². The molecule has 0 aromatic rings. The fourth-order valence-corrected chi connectivity index (χ4v) is 7.14. The Balaban J connectivity index is 0.00000196. The normalized spacial score (nSPS) is 45.0. The number of hydrogen-bond acceptors (Lipinski definition) is 5. The van der Waals surface area contributed by atoms with Gasteiger partial charge in [0.15, 0.2) is 0 Å². The van der Waals surface area contributed by atoms with Gasteiger partial charge in [0, 0.05) is 11.8 Å². The van der Waals surface area contributed by atoms with Gasteiger partial charge in [0.1, 0.15) is 5.78 Å². The van der Waals surface area contributed by atoms with Crippen LogP contribution < -0.4 is 29.6 Å². The first-order chi connectivity index (χ1) is 11.6. The molecule has 0 aromatic heterocycles. The molecule has 0 amide bonds. The minimum atomic E-state index is -4.65. The van der Waals surface area contributed by atoms with Crippen LogP contribution in [-0.4, -0.2) is 24.9 Å². The van der Waals surface area contributed by atoms with Crippen molar-refractivity contribution in [3.05, 3.63) is 11.6 Å². The third-order valence-corrected chi connectivity index (χ3v) is 8.53. The summed E-state index contributed by atoms with van der Waals surface area (Å²) in [5.74, 6) is 2.05. The Labute approximate surface area is 178 Å². The molecule has 0 radical (unpaired) electrons. The molecule has 4 aliphatic carbocycles. The molecule has 6 atom stereocenters. The van der Waals surface area contributed by atoms with Crippen molar-refractivity contribution in [2.24, 2.45) is 28.6 Å². The Morgan fingerprint density at radius 3 is 2.46 bits per heavy atom. The number of fused-ring (bicyclic) bond motifs is 5. The van der Waals surface area contributed by atoms with Gasteiger partial charge in [-0.05, 0) is 68.1 Å². The molecule has 0 saturated heterocycles. The van der Waals surface area contributed by atoms with Gasteiger partial charge >= 0.3 is 29.6 Å². The Bertz CT molecular complexity index is 732. The van der Waals surface area contributed by atoms with Gasteiger partial charge in [-0.25, -0.2) is 8.42 Å². The second-order valence-electron chi connectivity index (χ2n) is 9.05. The van der Waals surface area contributed by atoms with Crippen LogP contribution in [0, 0.1) is 28.6 Å². The maximum atomic E-state index is 12.4. The summed E-state index contributed by atoms with van der Waals surface area (Å²) in [6, 6.07) is 0. The van der Waals surface area contributed by atoms with Gasteiger partial charge in [0.25, 0.3) is 0 Å². The Morgan fingerprint density at radius 1 is 1.12 bits per heavy atom. The first-order valence-electron chi connectivity index (χ1n) is 9.50. The Morgan fingerprint density at radius 2 is 1.77 bits per heavy atom. The van der Waals surface area contributed by atoms with Crippen molar-refractivity contribution in [1.82, 2.24) is 0 Å². The van der Waals surface area contributed by atoms with E-state index in [1.54, 1.807) is 0 Å². The maximum Gasteiger partial charge on any atom is 1.00 e. The first kappa shape index (κ1) is 21.0. The molecule has 0 spiro atoms. The van der Waals surface area contributed by atoms with E-state index in [2.05, 4.69) is 19.9 Å². The zero-order chi connectivity index (χ0) is 18.0. The van der Waals surface area contributed by atoms with Crippen LogP contribution in [0.15, 0.2) is 11.6 Å². The average molecular weight is 390 g/mol. The molecule has 0 N–H and O–H groups in total. The zero-order valence-electron chi connectivity index (χ0n) is 16.0. The standard InChI is InChI=1S/C19H28O5S.Na/c1-18-9-7-13(24-25(21,22)23)11-12(18)3-4-14-15-5-6-17(20)19(15,2)10-8-16(14)18;/h3,13-16H,4-11H2,1-2H3,(H,21,22,23);/q;+1/p-1/t13-,14-,15-,16-,18-,19-;/m1./s1. The van der Waals surface area contributed by atoms with Crippen LogP contribution in [0.3, 0.4) is 0 Å². The minimum absolute atomic E-state index is 0. The van der Waals surface area contributed by atoms with E-state index in [-0.39, 0.29) is 40.4 Å². The quantitative estimate of drug-likeness (QED) is 0.294. The van der Waals surface area contributed by atoms with Crippen LogP contribution in [0.4, 0.5) is 0 Å². The number of allylic oxidation sites excluding steroid dienone is 1. The van der Waals surface area contributed by atoms with Crippen LogP contribution in [0.25, 0.3) is 0 Å². The summed E-state index contributed by atoms with van der Waals surface area (Å²) in [6.07, 6.45) is 8.55. The van der Waals surface area contributed by atoms with E-state index in [0.717, 1.165) is 38.5 Å². The summed E-state index contributed by atoms with van der Waals surface area (Å²) in [7, 11) is -4.65. The first-order valence-corrected chi connectivity index (χ1v) is 10.8. The molecule has 26 heavy (non-hydrogen) atoms. The van der Waals surface area contributed by atoms with Gasteiger partial charge in [-0.1, -0.05) is 25.5 Å². The largest absolute Gasteiger partial charge is 1.00 e. The molecule has 5 nitrogen and oxygen atoms in total. The number of rotatable bonds is 2. The van der Waals surface area contributed by atoms with E-state index < -0.39 is 16.5 Å². The van der Waals surface area contributed by atoms with E-state index >= 15 is 0 Å². The second kappa shape index (κ2) is 6.96. The van der Waals surface area contributed by atoms with Crippen LogP contribution in [-0.2, 0) is 19.4 Å². The SMILES string of the molecule is C[C@@]12CC[C@@H]3[C@H](CC=C4C[C@H](OS(=O)(=O)[O-])CC[C@]43C)[C@H]1CCC2=O.[Na+]. The van der Waals surface area contributed by atoms with Crippen LogP contribution in [0.5, 0.6) is 0 Å². The smallest absolute Gasteiger partial charge is 0.726 e. The van der Waals surface area contributed by atoms with Crippen molar-refractivity contribution in [1.29, 1.82) is 0 Å². The van der Waals surface area contributed by atoms with Crippen molar-refractivity contribution in [3.63, 3.8) is 0 Å². The third kappa shape index (κ3) is 3.29. The fraction of sp³-hybridized carbons (Fsp3) is 0.842. The second-order valence-corrected chi connectivity index (χ2v) is 10.1. The third-order valence-electron chi connectivity index (χ3n) is 8.02. The molecular formula is C19H27NaO5S. The Hall–Kier alpha value is 0.280. The van der Waals surface area contributed by atoms with E-state index in [4.69, 9.17) is 4.18 Å². The summed E-state index contributed by atoms with van der Waals surface area (Å²) in [6.45, 7) is 4.48. The topological polar surface area (TPSA) is 83.5 Å². The van der Waals surface area contributed by atoms with Gasteiger partial charge in [0.05, 0.1) is 6.10 Å². The van der Waals surface area contributed by atoms with Crippen LogP contribution in [0.1, 0.15) is 65.2 Å². The number of hydrogen-bond donors (Lipinski definition) is 0. The van der Waals surface area contributed by atoms with Crippen LogP contribution in [0.2, 0.25) is 0 Å². The van der Waals surface area contributed by atoms with Crippen molar-refractivity contribution in [2.75, 3.05) is 0 Å². The molecule has 0 unspecified atom stereocenters. The molecule has 0 aliphatic heterocycles. The summed E-state index contributed by atoms with van der Waals surface area (Å²) < 4.78 is 37.5. The molecule has 0 bridgehead atoms. The van der Waals surface area contributed by atoms with E-state index in [0.29, 0.717) is 36.4 Å². The monoisotopic (exact) mass is 390 g/mol. The van der Waals surface area contributed by atoms with Crippen molar-refractivity contribution < 1.29 is 51.5 Å². The minimum Gasteiger partial charge on any atom is -0.726 e. The van der Waals surface area contributed by atoms with Gasteiger partial charge < -0.3 is 4.55 Å². The molecule has 0 heterocycles. The molecule has 7 heteroatoms. The summed E-state index contributed by atoms with van der Waals surface area (Å²) >= 11 is 0. The van der Waals surface area contributed by atoms with E-state index in [1.807, 2.05) is 0 Å². The van der Waals surface area contributed by atoms with Gasteiger partial charge in [0.2, 0.25) is 10.4 Å². The summed E-state index contributed by atoms with van der Waals surface area (Å²) in [4.78, 5) is 12.4. The van der Waals surface area contributed by atoms with Gasteiger partial charge in [-0.2, -0.15) is 0 Å². The van der Waals surface area contributed by atoms with Crippen LogP contribution >= 0.6 is 0 Å². The molecule has 140 valence electrons. The predicted octanol–water partition coefficient (Wildman–Crippen LogP) is 0.368. The fourth-order valence-electron chi connectivity index (χ4n) is 6.65. The zero-order valence-corrected chi connectivity index (χ0v) is 18.8. The van der Waals surface area contributed by atoms with Crippen molar-refractivity contribution >= 4 is 16.2 Å². The summed E-state index contributed by atoms with van der Waals surface area (Å²) in [5, 5.41) is 0. The average Bonchev–Trinajstić information content (AvgIpc) is 2.82. The number of ketones is 1. The molecule has 4 rings (SSSR count). The number of carbonyl (C=O) groups excluding carboxylic acids is 1. The Kier molecular flexibility index (Phi) is 5.62. The molecular weight excluding hydrogens is 363 g/mol. The number of Topliss-reactive ketones (excluding diaryl/α,β-unsaturated/α-hetero) is 1. The molecule has 0 aromatic carbocycles. The maximum absolute atomic E-state index is 12.4. The van der Waals surface area contributed by atoms with Gasteiger partial charge in [-0.15, -0.1) is 0 Å². The van der Waals surface area contributed by atoms with Gasteiger partial charge in [-0.3, -0.25) is 8.98 Å². The van der Waals surface area contributed by atoms with Crippen molar-refractivity contribution in [2.45, 2.75) is 71.3 Å². The molecule has 3 saturated carbocycles. The predicted molar refractivity (Wildman–Crippen MR) is 91.3 cm³/mol. The number of carbonyl (C=O) groups is 1. The van der Waals surface area contributed by atoms with Crippen molar-refractivity contribution in [3.8, 4) is 0 Å². The van der Waals surface area contributed by atoms with E-state index in [9.17, 15) is 17.8 Å². The summed E-state index contributed by atoms with van der Waals surface area (Å²) in [5.41, 5.74) is 1.20.